The highest BCUT2D eigenvalue weighted by Gasteiger charge is 2.26. The van der Waals surface area contributed by atoms with Gasteiger partial charge in [0.25, 0.3) is 0 Å². The summed E-state index contributed by atoms with van der Waals surface area (Å²) in [6, 6.07) is 9.36. The van der Waals surface area contributed by atoms with E-state index in [-0.39, 0.29) is 6.04 Å². The van der Waals surface area contributed by atoms with Crippen LogP contribution >= 0.6 is 0 Å². The van der Waals surface area contributed by atoms with Crippen LogP contribution in [-0.4, -0.2) is 39.4 Å². The number of aromatic nitrogens is 4. The van der Waals surface area contributed by atoms with Gasteiger partial charge >= 0.3 is 6.09 Å². The molecule has 3 aromatic rings. The van der Waals surface area contributed by atoms with Crippen molar-refractivity contribution in [1.29, 1.82) is 0 Å². The molecule has 30 heavy (non-hydrogen) atoms. The van der Waals surface area contributed by atoms with Crippen LogP contribution in [0.5, 0.6) is 0 Å². The highest BCUT2D eigenvalue weighted by atomic mass is 16.6. The van der Waals surface area contributed by atoms with E-state index in [2.05, 4.69) is 32.3 Å². The number of amides is 1. The van der Waals surface area contributed by atoms with E-state index in [1.54, 1.807) is 12.3 Å². The van der Waals surface area contributed by atoms with Crippen molar-refractivity contribution in [2.75, 3.05) is 23.4 Å². The molecule has 2 aromatic heterocycles. The SMILES string of the molecule is CCCCC(Nc1nccc(N2CCOC2=O)n1)c1nc(-c2ccccc2C)no1. The lowest BCUT2D eigenvalue weighted by atomic mass is 10.1. The molecule has 0 radical (unpaired) electrons. The summed E-state index contributed by atoms with van der Waals surface area (Å²) in [4.78, 5) is 26.7. The topological polar surface area (TPSA) is 106 Å². The van der Waals surface area contributed by atoms with E-state index in [0.717, 1.165) is 30.4 Å². The molecule has 1 aliphatic rings. The molecule has 1 N–H and O–H groups in total. The number of rotatable bonds is 8. The van der Waals surface area contributed by atoms with Gasteiger partial charge in [0.15, 0.2) is 0 Å². The largest absolute Gasteiger partial charge is 0.447 e. The van der Waals surface area contributed by atoms with Crippen molar-refractivity contribution in [2.45, 2.75) is 39.2 Å². The van der Waals surface area contributed by atoms with E-state index >= 15 is 0 Å². The van der Waals surface area contributed by atoms with E-state index in [1.165, 1.54) is 4.90 Å². The van der Waals surface area contributed by atoms with E-state index in [4.69, 9.17) is 9.26 Å². The Morgan fingerprint density at radius 2 is 2.10 bits per heavy atom. The molecule has 0 aliphatic carbocycles. The molecular formula is C21H24N6O3. The van der Waals surface area contributed by atoms with Gasteiger partial charge in [-0.25, -0.2) is 9.78 Å². The van der Waals surface area contributed by atoms with Gasteiger partial charge in [0.1, 0.15) is 18.5 Å². The van der Waals surface area contributed by atoms with Crippen LogP contribution in [0.2, 0.25) is 0 Å². The van der Waals surface area contributed by atoms with Crippen molar-refractivity contribution in [2.24, 2.45) is 0 Å². The maximum absolute atomic E-state index is 11.8. The summed E-state index contributed by atoms with van der Waals surface area (Å²) in [5.74, 6) is 1.93. The van der Waals surface area contributed by atoms with Gasteiger partial charge in [0, 0.05) is 11.8 Å². The van der Waals surface area contributed by atoms with Crippen LogP contribution < -0.4 is 10.2 Å². The Kier molecular flexibility index (Phi) is 5.87. The number of anilines is 2. The maximum Gasteiger partial charge on any atom is 0.415 e. The average Bonchev–Trinajstić information content (AvgIpc) is 3.41. The van der Waals surface area contributed by atoms with Crippen molar-refractivity contribution in [3.63, 3.8) is 0 Å². The highest BCUT2D eigenvalue weighted by molar-refractivity contribution is 5.88. The molecule has 1 amide bonds. The molecular weight excluding hydrogens is 384 g/mol. The Morgan fingerprint density at radius 1 is 1.23 bits per heavy atom. The third kappa shape index (κ3) is 4.24. The second-order valence-electron chi connectivity index (χ2n) is 7.11. The third-order valence-electron chi connectivity index (χ3n) is 4.95. The van der Waals surface area contributed by atoms with Gasteiger partial charge < -0.3 is 14.6 Å². The van der Waals surface area contributed by atoms with Crippen molar-refractivity contribution in [3.8, 4) is 11.4 Å². The Morgan fingerprint density at radius 3 is 2.87 bits per heavy atom. The van der Waals surface area contributed by atoms with Crippen molar-refractivity contribution in [1.82, 2.24) is 20.1 Å². The summed E-state index contributed by atoms with van der Waals surface area (Å²) in [7, 11) is 0. The number of hydrogen-bond donors (Lipinski definition) is 1. The molecule has 156 valence electrons. The van der Waals surface area contributed by atoms with Crippen LogP contribution in [0, 0.1) is 6.92 Å². The van der Waals surface area contributed by atoms with E-state index < -0.39 is 6.09 Å². The van der Waals surface area contributed by atoms with Crippen molar-refractivity contribution < 1.29 is 14.1 Å². The number of ether oxygens (including phenoxy) is 1. The predicted molar refractivity (Wildman–Crippen MR) is 111 cm³/mol. The molecule has 3 heterocycles. The summed E-state index contributed by atoms with van der Waals surface area (Å²) in [5.41, 5.74) is 2.02. The smallest absolute Gasteiger partial charge is 0.415 e. The number of nitrogens with zero attached hydrogens (tertiary/aromatic N) is 5. The Hall–Kier alpha value is -3.49. The van der Waals surface area contributed by atoms with Crippen molar-refractivity contribution >= 4 is 17.9 Å². The number of cyclic esters (lactones) is 1. The standard InChI is InChI=1S/C21H24N6O3/c1-3-4-9-16(19-25-18(26-30-19)15-8-6-5-7-14(15)2)23-20-22-11-10-17(24-20)27-12-13-29-21(27)28/h5-8,10-11,16H,3-4,9,12-13H2,1-2H3,(H,22,23,24). The third-order valence-corrected chi connectivity index (χ3v) is 4.95. The molecule has 0 saturated carbocycles. The minimum Gasteiger partial charge on any atom is -0.447 e. The minimum atomic E-state index is -0.401. The minimum absolute atomic E-state index is 0.240. The first-order valence-electron chi connectivity index (χ1n) is 10.1. The fourth-order valence-electron chi connectivity index (χ4n) is 3.30. The van der Waals surface area contributed by atoms with E-state index in [0.29, 0.717) is 36.6 Å². The van der Waals surface area contributed by atoms with Gasteiger partial charge in [-0.2, -0.15) is 9.97 Å². The van der Waals surface area contributed by atoms with Gasteiger partial charge in [-0.05, 0) is 25.0 Å². The fraction of sp³-hybridized carbons (Fsp3) is 0.381. The van der Waals surface area contributed by atoms with Crippen LogP contribution in [0.15, 0.2) is 41.1 Å². The van der Waals surface area contributed by atoms with Gasteiger partial charge in [-0.15, -0.1) is 0 Å². The number of carbonyl (C=O) groups excluding carboxylic acids is 1. The first-order valence-corrected chi connectivity index (χ1v) is 10.1. The molecule has 9 heteroatoms. The maximum atomic E-state index is 11.8. The molecule has 0 spiro atoms. The molecule has 1 fully saturated rings. The van der Waals surface area contributed by atoms with Crippen LogP contribution in [0.1, 0.15) is 43.7 Å². The van der Waals surface area contributed by atoms with Crippen molar-refractivity contribution in [3.05, 3.63) is 48.0 Å². The Bertz CT molecular complexity index is 1020. The lowest BCUT2D eigenvalue weighted by Gasteiger charge is -2.16. The predicted octanol–water partition coefficient (Wildman–Crippen LogP) is 4.14. The summed E-state index contributed by atoms with van der Waals surface area (Å²) in [5, 5.41) is 7.46. The molecule has 1 aliphatic heterocycles. The normalized spacial score (nSPS) is 14.6. The zero-order chi connectivity index (χ0) is 20.9. The highest BCUT2D eigenvalue weighted by Crippen LogP contribution is 2.27. The van der Waals surface area contributed by atoms with Crippen LogP contribution in [0.3, 0.4) is 0 Å². The second kappa shape index (κ2) is 8.89. The molecule has 1 unspecified atom stereocenters. The monoisotopic (exact) mass is 408 g/mol. The van der Waals surface area contributed by atoms with Crippen LogP contribution in [0.25, 0.3) is 11.4 Å². The first kappa shape index (κ1) is 19.8. The van der Waals surface area contributed by atoms with Gasteiger partial charge in [0.05, 0.1) is 6.54 Å². The molecule has 1 atom stereocenters. The molecule has 9 nitrogen and oxygen atoms in total. The summed E-state index contributed by atoms with van der Waals surface area (Å²) in [6.07, 6.45) is 3.99. The summed E-state index contributed by atoms with van der Waals surface area (Å²) < 4.78 is 10.6. The molecule has 0 bridgehead atoms. The lowest BCUT2D eigenvalue weighted by Crippen LogP contribution is -2.25. The summed E-state index contributed by atoms with van der Waals surface area (Å²) in [6.45, 7) is 4.97. The number of benzene rings is 1. The lowest BCUT2D eigenvalue weighted by molar-refractivity contribution is 0.181. The fourth-order valence-corrected chi connectivity index (χ4v) is 3.30. The van der Waals surface area contributed by atoms with E-state index in [1.807, 2.05) is 31.2 Å². The number of nitrogens with one attached hydrogen (secondary N) is 1. The zero-order valence-corrected chi connectivity index (χ0v) is 17.0. The van der Waals surface area contributed by atoms with Gasteiger partial charge in [0.2, 0.25) is 17.7 Å². The first-order chi connectivity index (χ1) is 14.7. The van der Waals surface area contributed by atoms with Gasteiger partial charge in [-0.3, -0.25) is 4.90 Å². The Labute approximate surface area is 174 Å². The average molecular weight is 408 g/mol. The van der Waals surface area contributed by atoms with Crippen LogP contribution in [-0.2, 0) is 4.74 Å². The number of unbranched alkanes of at least 4 members (excludes halogenated alkanes) is 1. The molecule has 1 aromatic carbocycles. The molecule has 1 saturated heterocycles. The number of hydrogen-bond acceptors (Lipinski definition) is 8. The number of aryl methyl sites for hydroxylation is 1. The van der Waals surface area contributed by atoms with Crippen LogP contribution in [0.4, 0.5) is 16.6 Å². The molecule has 4 rings (SSSR count). The summed E-state index contributed by atoms with van der Waals surface area (Å²) >= 11 is 0. The van der Waals surface area contributed by atoms with Gasteiger partial charge in [-0.1, -0.05) is 49.2 Å². The quantitative estimate of drug-likeness (QED) is 0.593. The Balaban J connectivity index is 1.57. The number of carbonyl (C=O) groups is 1. The second-order valence-corrected chi connectivity index (χ2v) is 7.11. The zero-order valence-electron chi connectivity index (χ0n) is 17.0. The van der Waals surface area contributed by atoms with E-state index in [9.17, 15) is 4.79 Å².